The summed E-state index contributed by atoms with van der Waals surface area (Å²) in [5, 5.41) is 9.41. The SMILES string of the molecule is CCC(CC)C(=O)NCc1cn[nH]c1. The topological polar surface area (TPSA) is 57.8 Å². The number of nitrogens with one attached hydrogen (secondary N) is 2. The van der Waals surface area contributed by atoms with E-state index >= 15 is 0 Å². The quantitative estimate of drug-likeness (QED) is 0.747. The van der Waals surface area contributed by atoms with Crippen molar-refractivity contribution in [1.82, 2.24) is 15.5 Å². The van der Waals surface area contributed by atoms with Crippen LogP contribution in [0, 0.1) is 5.92 Å². The van der Waals surface area contributed by atoms with Crippen LogP contribution in [0.15, 0.2) is 12.4 Å². The second-order valence-electron chi connectivity index (χ2n) is 3.34. The highest BCUT2D eigenvalue weighted by molar-refractivity contribution is 5.78. The summed E-state index contributed by atoms with van der Waals surface area (Å²) in [6.07, 6.45) is 5.29. The number of aromatic amines is 1. The smallest absolute Gasteiger partial charge is 0.223 e. The summed E-state index contributed by atoms with van der Waals surface area (Å²) in [7, 11) is 0. The lowest BCUT2D eigenvalue weighted by Crippen LogP contribution is -2.29. The van der Waals surface area contributed by atoms with Gasteiger partial charge in [0.15, 0.2) is 0 Å². The molecule has 78 valence electrons. The van der Waals surface area contributed by atoms with Crippen LogP contribution in [0.25, 0.3) is 0 Å². The highest BCUT2D eigenvalue weighted by Crippen LogP contribution is 2.07. The zero-order valence-electron chi connectivity index (χ0n) is 8.71. The predicted molar refractivity (Wildman–Crippen MR) is 54.5 cm³/mol. The van der Waals surface area contributed by atoms with Gasteiger partial charge in [-0.15, -0.1) is 0 Å². The Bertz CT molecular complexity index is 265. The first-order valence-corrected chi connectivity index (χ1v) is 5.03. The van der Waals surface area contributed by atoms with Gasteiger partial charge < -0.3 is 5.32 Å². The number of H-pyrrole nitrogens is 1. The number of nitrogens with zero attached hydrogens (tertiary/aromatic N) is 1. The van der Waals surface area contributed by atoms with E-state index in [9.17, 15) is 4.79 Å². The van der Waals surface area contributed by atoms with Crippen molar-refractivity contribution >= 4 is 5.91 Å². The first-order chi connectivity index (χ1) is 6.77. The zero-order valence-corrected chi connectivity index (χ0v) is 8.71. The number of rotatable bonds is 5. The molecular formula is C10H17N3O. The van der Waals surface area contributed by atoms with Crippen molar-refractivity contribution in [2.24, 2.45) is 5.92 Å². The van der Waals surface area contributed by atoms with Gasteiger partial charge >= 0.3 is 0 Å². The lowest BCUT2D eigenvalue weighted by Gasteiger charge is -2.11. The first kappa shape index (κ1) is 10.8. The lowest BCUT2D eigenvalue weighted by atomic mass is 10.0. The number of hydrogen-bond acceptors (Lipinski definition) is 2. The van der Waals surface area contributed by atoms with Crippen molar-refractivity contribution in [2.45, 2.75) is 33.2 Å². The van der Waals surface area contributed by atoms with Crippen molar-refractivity contribution < 1.29 is 4.79 Å². The van der Waals surface area contributed by atoms with Gasteiger partial charge in [-0.25, -0.2) is 0 Å². The fourth-order valence-electron chi connectivity index (χ4n) is 1.37. The Morgan fingerprint density at radius 3 is 2.79 bits per heavy atom. The minimum atomic E-state index is 0.135. The highest BCUT2D eigenvalue weighted by Gasteiger charge is 2.13. The normalized spacial score (nSPS) is 10.5. The summed E-state index contributed by atoms with van der Waals surface area (Å²) in [5.74, 6) is 0.276. The average molecular weight is 195 g/mol. The number of amides is 1. The highest BCUT2D eigenvalue weighted by atomic mass is 16.1. The van der Waals surface area contributed by atoms with Crippen LogP contribution >= 0.6 is 0 Å². The van der Waals surface area contributed by atoms with Crippen molar-refractivity contribution in [3.05, 3.63) is 18.0 Å². The van der Waals surface area contributed by atoms with Crippen LogP contribution in [0.4, 0.5) is 0 Å². The fraction of sp³-hybridized carbons (Fsp3) is 0.600. The van der Waals surface area contributed by atoms with E-state index in [4.69, 9.17) is 0 Å². The number of aromatic nitrogens is 2. The molecule has 0 bridgehead atoms. The fourth-order valence-corrected chi connectivity index (χ4v) is 1.37. The second kappa shape index (κ2) is 5.42. The Morgan fingerprint density at radius 1 is 1.57 bits per heavy atom. The van der Waals surface area contributed by atoms with E-state index < -0.39 is 0 Å². The van der Waals surface area contributed by atoms with Gasteiger partial charge in [-0.05, 0) is 12.8 Å². The molecule has 0 atom stereocenters. The van der Waals surface area contributed by atoms with Crippen molar-refractivity contribution in [1.29, 1.82) is 0 Å². The Labute approximate surface area is 84.1 Å². The zero-order chi connectivity index (χ0) is 10.4. The summed E-state index contributed by atoms with van der Waals surface area (Å²) >= 11 is 0. The summed E-state index contributed by atoms with van der Waals surface area (Å²) in [6.45, 7) is 4.63. The molecule has 0 aliphatic heterocycles. The van der Waals surface area contributed by atoms with Crippen LogP contribution < -0.4 is 5.32 Å². The molecule has 4 heteroatoms. The molecular weight excluding hydrogens is 178 g/mol. The molecule has 0 aromatic carbocycles. The minimum absolute atomic E-state index is 0.135. The van der Waals surface area contributed by atoms with E-state index in [1.807, 2.05) is 13.8 Å². The molecule has 0 saturated carbocycles. The Kier molecular flexibility index (Phi) is 4.16. The van der Waals surface area contributed by atoms with E-state index in [-0.39, 0.29) is 11.8 Å². The maximum Gasteiger partial charge on any atom is 0.223 e. The van der Waals surface area contributed by atoms with E-state index in [0.29, 0.717) is 6.54 Å². The molecule has 0 radical (unpaired) electrons. The van der Waals surface area contributed by atoms with E-state index in [0.717, 1.165) is 18.4 Å². The molecule has 2 N–H and O–H groups in total. The Morgan fingerprint density at radius 2 is 2.29 bits per heavy atom. The van der Waals surface area contributed by atoms with E-state index in [1.165, 1.54) is 0 Å². The number of carbonyl (C=O) groups excluding carboxylic acids is 1. The van der Waals surface area contributed by atoms with Gasteiger partial charge in [-0.3, -0.25) is 9.89 Å². The second-order valence-corrected chi connectivity index (χ2v) is 3.34. The molecule has 0 unspecified atom stereocenters. The molecule has 14 heavy (non-hydrogen) atoms. The molecule has 0 aliphatic carbocycles. The molecule has 1 aromatic rings. The molecule has 4 nitrogen and oxygen atoms in total. The van der Waals surface area contributed by atoms with Gasteiger partial charge in [0.05, 0.1) is 6.20 Å². The largest absolute Gasteiger partial charge is 0.352 e. The van der Waals surface area contributed by atoms with Gasteiger partial charge in [0, 0.05) is 24.2 Å². The van der Waals surface area contributed by atoms with Crippen LogP contribution in [0.1, 0.15) is 32.3 Å². The van der Waals surface area contributed by atoms with Gasteiger partial charge in [0.25, 0.3) is 0 Å². The summed E-state index contributed by atoms with van der Waals surface area (Å²) in [4.78, 5) is 11.6. The maximum atomic E-state index is 11.6. The molecule has 0 saturated heterocycles. The monoisotopic (exact) mass is 195 g/mol. The molecule has 1 amide bonds. The number of carbonyl (C=O) groups is 1. The summed E-state index contributed by atoms with van der Waals surface area (Å²) in [6, 6.07) is 0. The van der Waals surface area contributed by atoms with Crippen LogP contribution in [-0.4, -0.2) is 16.1 Å². The lowest BCUT2D eigenvalue weighted by molar-refractivity contribution is -0.125. The van der Waals surface area contributed by atoms with Gasteiger partial charge in [0.2, 0.25) is 5.91 Å². The molecule has 0 spiro atoms. The van der Waals surface area contributed by atoms with E-state index in [1.54, 1.807) is 12.4 Å². The third-order valence-corrected chi connectivity index (χ3v) is 2.38. The molecule has 1 heterocycles. The van der Waals surface area contributed by atoms with Gasteiger partial charge in [0.1, 0.15) is 0 Å². The molecule has 1 rings (SSSR count). The Balaban J connectivity index is 2.34. The average Bonchev–Trinajstić information content (AvgIpc) is 2.69. The van der Waals surface area contributed by atoms with E-state index in [2.05, 4.69) is 15.5 Å². The third kappa shape index (κ3) is 2.87. The van der Waals surface area contributed by atoms with Crippen LogP contribution in [0.3, 0.4) is 0 Å². The van der Waals surface area contributed by atoms with Gasteiger partial charge in [-0.2, -0.15) is 5.10 Å². The number of hydrogen-bond donors (Lipinski definition) is 2. The van der Waals surface area contributed by atoms with Crippen LogP contribution in [-0.2, 0) is 11.3 Å². The molecule has 0 fully saturated rings. The summed E-state index contributed by atoms with van der Waals surface area (Å²) < 4.78 is 0. The molecule has 1 aromatic heterocycles. The first-order valence-electron chi connectivity index (χ1n) is 5.03. The van der Waals surface area contributed by atoms with Gasteiger partial charge in [-0.1, -0.05) is 13.8 Å². The third-order valence-electron chi connectivity index (χ3n) is 2.38. The van der Waals surface area contributed by atoms with Crippen molar-refractivity contribution in [3.8, 4) is 0 Å². The standard InChI is InChI=1S/C10H17N3O/c1-3-9(4-2)10(14)11-5-8-6-12-13-7-8/h6-7,9H,3-5H2,1-2H3,(H,11,14)(H,12,13). The van der Waals surface area contributed by atoms with Crippen LogP contribution in [0.2, 0.25) is 0 Å². The molecule has 0 aliphatic rings. The van der Waals surface area contributed by atoms with Crippen molar-refractivity contribution in [3.63, 3.8) is 0 Å². The predicted octanol–water partition coefficient (Wildman–Crippen LogP) is 1.46. The Hall–Kier alpha value is -1.32. The maximum absolute atomic E-state index is 11.6. The van der Waals surface area contributed by atoms with Crippen molar-refractivity contribution in [2.75, 3.05) is 0 Å². The summed E-state index contributed by atoms with van der Waals surface area (Å²) in [5.41, 5.74) is 1.00. The minimum Gasteiger partial charge on any atom is -0.352 e. The van der Waals surface area contributed by atoms with Crippen LogP contribution in [0.5, 0.6) is 0 Å².